The van der Waals surface area contributed by atoms with Gasteiger partial charge in [-0.1, -0.05) is 6.42 Å². The van der Waals surface area contributed by atoms with Gasteiger partial charge in [0.05, 0.1) is 17.1 Å². The molecule has 0 aliphatic carbocycles. The van der Waals surface area contributed by atoms with Crippen LogP contribution in [-0.2, 0) is 17.6 Å². The molecule has 0 saturated carbocycles. The van der Waals surface area contributed by atoms with Crippen LogP contribution in [0.3, 0.4) is 0 Å². The molecule has 21 heavy (non-hydrogen) atoms. The van der Waals surface area contributed by atoms with Gasteiger partial charge >= 0.3 is 5.97 Å². The van der Waals surface area contributed by atoms with Crippen LogP contribution in [-0.4, -0.2) is 51.8 Å². The maximum absolute atomic E-state index is 10.8. The molecule has 1 aromatic heterocycles. The molecule has 1 aliphatic heterocycles. The third-order valence-corrected chi connectivity index (χ3v) is 5.29. The van der Waals surface area contributed by atoms with Crippen molar-refractivity contribution in [2.75, 3.05) is 19.7 Å². The van der Waals surface area contributed by atoms with Crippen LogP contribution in [0.1, 0.15) is 41.3 Å². The van der Waals surface area contributed by atoms with E-state index in [4.69, 9.17) is 10.2 Å². The van der Waals surface area contributed by atoms with E-state index in [2.05, 4.69) is 9.88 Å². The van der Waals surface area contributed by atoms with Crippen molar-refractivity contribution in [3.8, 4) is 0 Å². The Morgan fingerprint density at radius 2 is 2.29 bits per heavy atom. The number of thiazole rings is 1. The van der Waals surface area contributed by atoms with Crippen LogP contribution in [0.2, 0.25) is 0 Å². The number of carboxylic acids is 1. The summed E-state index contributed by atoms with van der Waals surface area (Å²) >= 11 is 1.52. The van der Waals surface area contributed by atoms with Crippen molar-refractivity contribution in [2.45, 2.75) is 51.5 Å². The van der Waals surface area contributed by atoms with Crippen molar-refractivity contribution in [1.82, 2.24) is 9.88 Å². The molecule has 2 rings (SSSR count). The molecule has 118 valence electrons. The summed E-state index contributed by atoms with van der Waals surface area (Å²) < 4.78 is 0. The molecule has 0 bridgehead atoms. The number of aliphatic carboxylic acids is 1. The van der Waals surface area contributed by atoms with E-state index in [0.717, 1.165) is 41.5 Å². The fraction of sp³-hybridized carbons (Fsp3) is 0.733. The summed E-state index contributed by atoms with van der Waals surface area (Å²) in [6, 6.07) is 0.489. The zero-order valence-corrected chi connectivity index (χ0v) is 13.4. The van der Waals surface area contributed by atoms with Crippen LogP contribution < -0.4 is 0 Å². The zero-order valence-electron chi connectivity index (χ0n) is 12.5. The van der Waals surface area contributed by atoms with Crippen molar-refractivity contribution < 1.29 is 15.0 Å². The lowest BCUT2D eigenvalue weighted by molar-refractivity contribution is -0.136. The lowest BCUT2D eigenvalue weighted by Gasteiger charge is -2.35. The van der Waals surface area contributed by atoms with Gasteiger partial charge in [0.25, 0.3) is 0 Å². The summed E-state index contributed by atoms with van der Waals surface area (Å²) in [4.78, 5) is 18.6. The third-order valence-electron chi connectivity index (χ3n) is 4.07. The van der Waals surface area contributed by atoms with E-state index in [1.54, 1.807) is 0 Å². The number of nitrogens with zero attached hydrogens (tertiary/aromatic N) is 2. The van der Waals surface area contributed by atoms with Gasteiger partial charge in [-0.3, -0.25) is 9.69 Å². The Morgan fingerprint density at radius 3 is 3.00 bits per heavy atom. The highest BCUT2D eigenvalue weighted by atomic mass is 32.1. The molecule has 1 atom stereocenters. The number of hydrogen-bond acceptors (Lipinski definition) is 5. The van der Waals surface area contributed by atoms with Crippen molar-refractivity contribution in [2.24, 2.45) is 0 Å². The molecule has 1 unspecified atom stereocenters. The van der Waals surface area contributed by atoms with Gasteiger partial charge in [-0.05, 0) is 32.7 Å². The molecular weight excluding hydrogens is 288 g/mol. The van der Waals surface area contributed by atoms with E-state index in [0.29, 0.717) is 6.04 Å². The minimum absolute atomic E-state index is 0.0698. The second-order valence-corrected chi connectivity index (χ2v) is 6.80. The summed E-state index contributed by atoms with van der Waals surface area (Å²) in [6.45, 7) is 4.18. The summed E-state index contributed by atoms with van der Waals surface area (Å²) in [6.07, 6.45) is 5.43. The number of aliphatic hydroxyl groups excluding tert-OH is 1. The molecule has 1 aliphatic rings. The number of carboxylic acid groups (broad SMARTS) is 1. The molecule has 0 aromatic carbocycles. The SMILES string of the molecule is Cc1nc(CCN2CCCCC2CCO)sc1CC(=O)O. The van der Waals surface area contributed by atoms with Gasteiger partial charge in [0.2, 0.25) is 0 Å². The number of carbonyl (C=O) groups is 1. The number of piperidine rings is 1. The molecule has 6 heteroatoms. The number of rotatable bonds is 7. The summed E-state index contributed by atoms with van der Waals surface area (Å²) in [7, 11) is 0. The second kappa shape index (κ2) is 7.87. The quantitative estimate of drug-likeness (QED) is 0.804. The largest absolute Gasteiger partial charge is 0.481 e. The Hall–Kier alpha value is -0.980. The van der Waals surface area contributed by atoms with Crippen LogP contribution >= 0.6 is 11.3 Å². The summed E-state index contributed by atoms with van der Waals surface area (Å²) in [5.74, 6) is -0.799. The molecule has 1 aromatic rings. The number of hydrogen-bond donors (Lipinski definition) is 2. The third kappa shape index (κ3) is 4.76. The van der Waals surface area contributed by atoms with Gasteiger partial charge in [0, 0.05) is 30.5 Å². The average Bonchev–Trinajstić information content (AvgIpc) is 2.78. The molecule has 0 amide bonds. The van der Waals surface area contributed by atoms with E-state index in [9.17, 15) is 4.79 Å². The normalized spacial score (nSPS) is 19.8. The zero-order chi connectivity index (χ0) is 15.2. The number of aromatic nitrogens is 1. The standard InChI is InChI=1S/C15H24N2O3S/c1-11-13(10-15(19)20)21-14(16-11)5-8-17-7-3-2-4-12(17)6-9-18/h12,18H,2-10H2,1H3,(H,19,20). The lowest BCUT2D eigenvalue weighted by Crippen LogP contribution is -2.41. The molecule has 1 fully saturated rings. The molecule has 2 heterocycles. The Kier molecular flexibility index (Phi) is 6.14. The van der Waals surface area contributed by atoms with Crippen LogP contribution in [0.4, 0.5) is 0 Å². The van der Waals surface area contributed by atoms with Crippen molar-refractivity contribution in [1.29, 1.82) is 0 Å². The maximum atomic E-state index is 10.8. The first kappa shape index (κ1) is 16.4. The molecule has 0 spiro atoms. The minimum Gasteiger partial charge on any atom is -0.481 e. The Balaban J connectivity index is 1.90. The van der Waals surface area contributed by atoms with E-state index in [-0.39, 0.29) is 13.0 Å². The van der Waals surface area contributed by atoms with Crippen LogP contribution in [0.5, 0.6) is 0 Å². The van der Waals surface area contributed by atoms with Gasteiger partial charge in [-0.15, -0.1) is 11.3 Å². The topological polar surface area (TPSA) is 73.7 Å². The summed E-state index contributed by atoms with van der Waals surface area (Å²) in [5, 5.41) is 19.1. The van der Waals surface area contributed by atoms with Gasteiger partial charge in [-0.2, -0.15) is 0 Å². The van der Waals surface area contributed by atoms with Gasteiger partial charge in [0.15, 0.2) is 0 Å². The molecule has 5 nitrogen and oxygen atoms in total. The first-order valence-electron chi connectivity index (χ1n) is 7.62. The smallest absolute Gasteiger partial charge is 0.308 e. The predicted molar refractivity (Wildman–Crippen MR) is 82.8 cm³/mol. The number of aliphatic hydroxyl groups is 1. The van der Waals surface area contributed by atoms with Crippen molar-refractivity contribution >= 4 is 17.3 Å². The van der Waals surface area contributed by atoms with Crippen LogP contribution in [0.15, 0.2) is 0 Å². The second-order valence-electron chi connectivity index (χ2n) is 5.63. The van der Waals surface area contributed by atoms with E-state index < -0.39 is 5.97 Å². The van der Waals surface area contributed by atoms with Gasteiger partial charge in [0.1, 0.15) is 0 Å². The highest BCUT2D eigenvalue weighted by Crippen LogP contribution is 2.22. The van der Waals surface area contributed by atoms with Crippen molar-refractivity contribution in [3.63, 3.8) is 0 Å². The van der Waals surface area contributed by atoms with Crippen LogP contribution in [0.25, 0.3) is 0 Å². The molecule has 1 saturated heterocycles. The Labute approximate surface area is 129 Å². The van der Waals surface area contributed by atoms with E-state index in [1.807, 2.05) is 6.92 Å². The molecule has 2 N–H and O–H groups in total. The monoisotopic (exact) mass is 312 g/mol. The summed E-state index contributed by atoms with van der Waals surface area (Å²) in [5.41, 5.74) is 0.850. The number of likely N-dealkylation sites (tertiary alicyclic amines) is 1. The van der Waals surface area contributed by atoms with Crippen molar-refractivity contribution in [3.05, 3.63) is 15.6 Å². The molecular formula is C15H24N2O3S. The van der Waals surface area contributed by atoms with Gasteiger partial charge < -0.3 is 10.2 Å². The van der Waals surface area contributed by atoms with Crippen LogP contribution in [0, 0.1) is 6.92 Å². The Bertz CT molecular complexity index is 473. The fourth-order valence-corrected chi connectivity index (χ4v) is 4.02. The predicted octanol–water partition coefficient (Wildman–Crippen LogP) is 1.86. The van der Waals surface area contributed by atoms with Gasteiger partial charge in [-0.25, -0.2) is 4.98 Å². The fourth-order valence-electron chi connectivity index (χ4n) is 2.97. The average molecular weight is 312 g/mol. The number of aryl methyl sites for hydroxylation is 1. The van der Waals surface area contributed by atoms with E-state index >= 15 is 0 Å². The van der Waals surface area contributed by atoms with E-state index in [1.165, 1.54) is 30.6 Å². The lowest BCUT2D eigenvalue weighted by atomic mass is 9.99. The Morgan fingerprint density at radius 1 is 1.48 bits per heavy atom. The highest BCUT2D eigenvalue weighted by Gasteiger charge is 2.22. The maximum Gasteiger partial charge on any atom is 0.308 e. The first-order valence-corrected chi connectivity index (χ1v) is 8.43. The molecule has 0 radical (unpaired) electrons. The highest BCUT2D eigenvalue weighted by molar-refractivity contribution is 7.11. The minimum atomic E-state index is -0.799. The first-order chi connectivity index (χ1) is 10.1.